The van der Waals surface area contributed by atoms with Crippen LogP contribution in [0, 0.1) is 5.92 Å². The summed E-state index contributed by atoms with van der Waals surface area (Å²) >= 11 is 5.83. The molecule has 0 aliphatic carbocycles. The van der Waals surface area contributed by atoms with Crippen molar-refractivity contribution in [1.82, 2.24) is 14.8 Å². The highest BCUT2D eigenvalue weighted by Gasteiger charge is 2.12. The Bertz CT molecular complexity index is 553. The lowest BCUT2D eigenvalue weighted by Gasteiger charge is -2.14. The van der Waals surface area contributed by atoms with Crippen molar-refractivity contribution in [3.8, 4) is 5.75 Å². The van der Waals surface area contributed by atoms with Crippen molar-refractivity contribution < 1.29 is 4.74 Å². The molecule has 1 unspecified atom stereocenters. The minimum Gasteiger partial charge on any atom is -0.492 e. The molecule has 21 heavy (non-hydrogen) atoms. The maximum atomic E-state index is 6.11. The van der Waals surface area contributed by atoms with Crippen molar-refractivity contribution in [2.45, 2.75) is 32.9 Å². The van der Waals surface area contributed by atoms with E-state index in [-0.39, 0.29) is 6.04 Å². The zero-order valence-electron chi connectivity index (χ0n) is 12.4. The van der Waals surface area contributed by atoms with E-state index in [1.165, 1.54) is 0 Å². The Hall–Kier alpha value is -1.59. The number of hydrogen-bond acceptors (Lipinski definition) is 4. The standard InChI is InChI=1S/C15H21ClN4O/c1-11(2)8-20-15(18-10-19-20)7-13(17)9-21-14-5-3-12(16)4-6-14/h3-6,10-11,13H,7-9,17H2,1-2H3. The fraction of sp³-hybridized carbons (Fsp3) is 0.467. The molecule has 0 aliphatic rings. The van der Waals surface area contributed by atoms with Crippen molar-refractivity contribution in [3.05, 3.63) is 41.4 Å². The minimum atomic E-state index is -0.129. The molecule has 1 atom stereocenters. The van der Waals surface area contributed by atoms with Crippen LogP contribution in [-0.4, -0.2) is 27.4 Å². The Balaban J connectivity index is 1.85. The van der Waals surface area contributed by atoms with E-state index in [2.05, 4.69) is 23.9 Å². The number of nitrogens with two attached hydrogens (primary N) is 1. The first-order valence-electron chi connectivity index (χ1n) is 7.05. The fourth-order valence-corrected chi connectivity index (χ4v) is 2.10. The Morgan fingerprint density at radius 2 is 2.00 bits per heavy atom. The Labute approximate surface area is 130 Å². The van der Waals surface area contributed by atoms with Crippen molar-refractivity contribution in [2.24, 2.45) is 11.7 Å². The molecular weight excluding hydrogens is 288 g/mol. The summed E-state index contributed by atoms with van der Waals surface area (Å²) in [6.45, 7) is 5.57. The van der Waals surface area contributed by atoms with Gasteiger partial charge in [-0.1, -0.05) is 25.4 Å². The summed E-state index contributed by atoms with van der Waals surface area (Å²) in [5, 5.41) is 4.92. The first kappa shape index (κ1) is 15.8. The first-order valence-corrected chi connectivity index (χ1v) is 7.43. The van der Waals surface area contributed by atoms with E-state index >= 15 is 0 Å². The molecule has 0 radical (unpaired) electrons. The zero-order chi connectivity index (χ0) is 15.2. The van der Waals surface area contributed by atoms with E-state index in [1.54, 1.807) is 18.5 Å². The van der Waals surface area contributed by atoms with E-state index in [4.69, 9.17) is 22.1 Å². The van der Waals surface area contributed by atoms with Gasteiger partial charge in [-0.15, -0.1) is 0 Å². The second-order valence-corrected chi connectivity index (χ2v) is 5.92. The van der Waals surface area contributed by atoms with E-state index < -0.39 is 0 Å². The van der Waals surface area contributed by atoms with Gasteiger partial charge in [-0.05, 0) is 30.2 Å². The first-order chi connectivity index (χ1) is 10.0. The van der Waals surface area contributed by atoms with Crippen LogP contribution in [0.1, 0.15) is 19.7 Å². The van der Waals surface area contributed by atoms with Crippen LogP contribution in [0.5, 0.6) is 5.75 Å². The molecule has 0 saturated heterocycles. The number of nitrogens with zero attached hydrogens (tertiary/aromatic N) is 3. The van der Waals surface area contributed by atoms with Gasteiger partial charge in [-0.2, -0.15) is 5.10 Å². The normalized spacial score (nSPS) is 12.6. The number of ether oxygens (including phenoxy) is 1. The van der Waals surface area contributed by atoms with Crippen LogP contribution in [0.2, 0.25) is 5.02 Å². The van der Waals surface area contributed by atoms with Crippen molar-refractivity contribution in [1.29, 1.82) is 0 Å². The van der Waals surface area contributed by atoms with E-state index in [1.807, 2.05) is 16.8 Å². The van der Waals surface area contributed by atoms with Crippen molar-refractivity contribution >= 4 is 11.6 Å². The monoisotopic (exact) mass is 308 g/mol. The molecule has 2 rings (SSSR count). The minimum absolute atomic E-state index is 0.129. The SMILES string of the molecule is CC(C)Cn1ncnc1CC(N)COc1ccc(Cl)cc1. The maximum absolute atomic E-state index is 6.11. The summed E-state index contributed by atoms with van der Waals surface area (Å²) < 4.78 is 7.56. The second-order valence-electron chi connectivity index (χ2n) is 5.48. The van der Waals surface area contributed by atoms with Crippen LogP contribution in [0.15, 0.2) is 30.6 Å². The highest BCUT2D eigenvalue weighted by molar-refractivity contribution is 6.30. The number of benzene rings is 1. The van der Waals surface area contributed by atoms with E-state index in [0.717, 1.165) is 18.1 Å². The van der Waals surface area contributed by atoms with E-state index in [0.29, 0.717) is 24.0 Å². The topological polar surface area (TPSA) is 66.0 Å². The smallest absolute Gasteiger partial charge is 0.138 e. The number of hydrogen-bond donors (Lipinski definition) is 1. The summed E-state index contributed by atoms with van der Waals surface area (Å²) in [7, 11) is 0. The van der Waals surface area contributed by atoms with Crippen LogP contribution in [0.25, 0.3) is 0 Å². The molecule has 0 bridgehead atoms. The summed E-state index contributed by atoms with van der Waals surface area (Å²) in [5.41, 5.74) is 6.11. The molecule has 6 heteroatoms. The number of aromatic nitrogens is 3. The molecule has 0 amide bonds. The molecule has 0 aliphatic heterocycles. The van der Waals surface area contributed by atoms with Gasteiger partial charge in [-0.25, -0.2) is 9.67 Å². The second kappa shape index (κ2) is 7.43. The van der Waals surface area contributed by atoms with Gasteiger partial charge in [0.2, 0.25) is 0 Å². The lowest BCUT2D eigenvalue weighted by molar-refractivity contribution is 0.284. The van der Waals surface area contributed by atoms with Gasteiger partial charge >= 0.3 is 0 Å². The predicted molar refractivity (Wildman–Crippen MR) is 83.5 cm³/mol. The van der Waals surface area contributed by atoms with Gasteiger partial charge < -0.3 is 10.5 Å². The predicted octanol–water partition coefficient (Wildman–Crippen LogP) is 2.54. The van der Waals surface area contributed by atoms with Gasteiger partial charge in [0.15, 0.2) is 0 Å². The van der Waals surface area contributed by atoms with Crippen LogP contribution in [-0.2, 0) is 13.0 Å². The molecule has 1 aromatic heterocycles. The van der Waals surface area contributed by atoms with Crippen LogP contribution < -0.4 is 10.5 Å². The molecular formula is C15H21ClN4O. The molecule has 2 aromatic rings. The molecule has 2 N–H and O–H groups in total. The molecule has 5 nitrogen and oxygen atoms in total. The highest BCUT2D eigenvalue weighted by Crippen LogP contribution is 2.15. The third-order valence-corrected chi connectivity index (χ3v) is 3.21. The van der Waals surface area contributed by atoms with Gasteiger partial charge in [0.05, 0.1) is 0 Å². The average Bonchev–Trinajstić information content (AvgIpc) is 2.84. The van der Waals surface area contributed by atoms with Crippen LogP contribution >= 0.6 is 11.6 Å². The molecule has 0 fully saturated rings. The molecule has 1 heterocycles. The third kappa shape index (κ3) is 5.02. The average molecular weight is 309 g/mol. The lowest BCUT2D eigenvalue weighted by Crippen LogP contribution is -2.31. The highest BCUT2D eigenvalue weighted by atomic mass is 35.5. The summed E-state index contributed by atoms with van der Waals surface area (Å²) in [5.74, 6) is 2.18. The Kier molecular flexibility index (Phi) is 5.59. The zero-order valence-corrected chi connectivity index (χ0v) is 13.1. The maximum Gasteiger partial charge on any atom is 0.138 e. The Morgan fingerprint density at radius 3 is 2.67 bits per heavy atom. The molecule has 0 spiro atoms. The number of halogens is 1. The summed E-state index contributed by atoms with van der Waals surface area (Å²) in [6, 6.07) is 7.12. The van der Waals surface area contributed by atoms with Crippen LogP contribution in [0.3, 0.4) is 0 Å². The van der Waals surface area contributed by atoms with Crippen LogP contribution in [0.4, 0.5) is 0 Å². The van der Waals surface area contributed by atoms with Crippen molar-refractivity contribution in [3.63, 3.8) is 0 Å². The van der Waals surface area contributed by atoms with Gasteiger partial charge in [0.1, 0.15) is 24.5 Å². The fourth-order valence-electron chi connectivity index (χ4n) is 1.97. The lowest BCUT2D eigenvalue weighted by atomic mass is 10.2. The molecule has 114 valence electrons. The van der Waals surface area contributed by atoms with Crippen molar-refractivity contribution in [2.75, 3.05) is 6.61 Å². The summed E-state index contributed by atoms with van der Waals surface area (Å²) in [6.07, 6.45) is 2.21. The quantitative estimate of drug-likeness (QED) is 0.853. The van der Waals surface area contributed by atoms with Gasteiger partial charge in [-0.3, -0.25) is 0 Å². The van der Waals surface area contributed by atoms with Gasteiger partial charge in [0.25, 0.3) is 0 Å². The molecule has 1 aromatic carbocycles. The largest absolute Gasteiger partial charge is 0.492 e. The third-order valence-electron chi connectivity index (χ3n) is 2.96. The Morgan fingerprint density at radius 1 is 1.29 bits per heavy atom. The number of rotatable bonds is 7. The van der Waals surface area contributed by atoms with E-state index in [9.17, 15) is 0 Å². The van der Waals surface area contributed by atoms with Gasteiger partial charge in [0, 0.05) is 24.0 Å². The summed E-state index contributed by atoms with van der Waals surface area (Å²) in [4.78, 5) is 4.27. The molecule has 0 saturated carbocycles.